The lowest BCUT2D eigenvalue weighted by atomic mass is 10.2. The number of halogens is 3. The van der Waals surface area contributed by atoms with Crippen LogP contribution in [-0.2, 0) is 6.61 Å². The van der Waals surface area contributed by atoms with E-state index in [1.165, 1.54) is 12.6 Å². The monoisotopic (exact) mass is 296 g/mol. The van der Waals surface area contributed by atoms with Crippen molar-refractivity contribution in [3.63, 3.8) is 0 Å². The first kappa shape index (κ1) is 14.5. The molecule has 0 spiro atoms. The highest BCUT2D eigenvalue weighted by molar-refractivity contribution is 6.36. The molecule has 1 N–H and O–H groups in total. The Morgan fingerprint density at radius 1 is 1.47 bits per heavy atom. The zero-order chi connectivity index (χ0) is 12.8. The average Bonchev–Trinajstić information content (AvgIpc) is 2.35. The molecule has 0 bridgehead atoms. The summed E-state index contributed by atoms with van der Waals surface area (Å²) in [4.78, 5) is 0. The minimum Gasteiger partial charge on any atom is -0.493 e. The molecular weight excluding hydrogens is 286 g/mol. The van der Waals surface area contributed by atoms with Crippen molar-refractivity contribution >= 4 is 34.8 Å². The Bertz CT molecular complexity index is 419. The first-order valence-electron chi connectivity index (χ1n) is 4.67. The number of ether oxygens (including phenoxy) is 2. The predicted octanol–water partition coefficient (Wildman–Crippen LogP) is 3.54. The number of aliphatic hydroxyl groups excluding tert-OH is 1. The van der Waals surface area contributed by atoms with Crippen molar-refractivity contribution in [2.45, 2.75) is 6.61 Å². The van der Waals surface area contributed by atoms with Gasteiger partial charge in [-0.05, 0) is 17.7 Å². The molecule has 0 amide bonds. The zero-order valence-electron chi connectivity index (χ0n) is 9.04. The van der Waals surface area contributed by atoms with Crippen LogP contribution in [0.2, 0.25) is 5.02 Å². The maximum Gasteiger partial charge on any atom is 0.180 e. The normalized spacial score (nSPS) is 11.5. The van der Waals surface area contributed by atoms with Crippen LogP contribution >= 0.6 is 34.8 Å². The van der Waals surface area contributed by atoms with Gasteiger partial charge in [-0.2, -0.15) is 0 Å². The zero-order valence-corrected chi connectivity index (χ0v) is 11.3. The Morgan fingerprint density at radius 2 is 2.18 bits per heavy atom. The van der Waals surface area contributed by atoms with Gasteiger partial charge < -0.3 is 14.6 Å². The largest absolute Gasteiger partial charge is 0.493 e. The molecular formula is C11H11Cl3O3. The van der Waals surface area contributed by atoms with E-state index < -0.39 is 0 Å². The molecule has 0 aliphatic rings. The first-order valence-corrected chi connectivity index (χ1v) is 5.86. The van der Waals surface area contributed by atoms with Crippen molar-refractivity contribution < 1.29 is 14.6 Å². The highest BCUT2D eigenvalue weighted by Gasteiger charge is 2.12. The van der Waals surface area contributed by atoms with Crippen LogP contribution in [0.1, 0.15) is 5.56 Å². The SMILES string of the molecule is COc1cc(CO)cc(Cl)c1OCC(Cl)=CCl. The minimum atomic E-state index is -0.126. The molecule has 94 valence electrons. The number of methoxy groups -OCH3 is 1. The molecule has 3 nitrogen and oxygen atoms in total. The molecule has 1 rings (SSSR count). The summed E-state index contributed by atoms with van der Waals surface area (Å²) in [6.45, 7) is -0.0295. The maximum atomic E-state index is 9.03. The molecule has 0 saturated heterocycles. The lowest BCUT2D eigenvalue weighted by molar-refractivity contribution is 0.279. The molecule has 0 fully saturated rings. The van der Waals surface area contributed by atoms with Crippen LogP contribution in [0.5, 0.6) is 11.5 Å². The summed E-state index contributed by atoms with van der Waals surface area (Å²) in [6, 6.07) is 3.23. The van der Waals surface area contributed by atoms with Gasteiger partial charge in [-0.3, -0.25) is 0 Å². The fraction of sp³-hybridized carbons (Fsp3) is 0.273. The van der Waals surface area contributed by atoms with Gasteiger partial charge >= 0.3 is 0 Å². The van der Waals surface area contributed by atoms with Crippen LogP contribution in [0.3, 0.4) is 0 Å². The lowest BCUT2D eigenvalue weighted by Crippen LogP contribution is -2.00. The van der Waals surface area contributed by atoms with Crippen molar-refractivity contribution in [3.05, 3.63) is 33.3 Å². The number of hydrogen-bond donors (Lipinski definition) is 1. The van der Waals surface area contributed by atoms with Crippen molar-refractivity contribution in [3.8, 4) is 11.5 Å². The molecule has 6 heteroatoms. The van der Waals surface area contributed by atoms with Crippen molar-refractivity contribution in [1.82, 2.24) is 0 Å². The highest BCUT2D eigenvalue weighted by atomic mass is 35.5. The van der Waals surface area contributed by atoms with E-state index in [0.717, 1.165) is 0 Å². The molecule has 0 unspecified atom stereocenters. The van der Waals surface area contributed by atoms with Gasteiger partial charge in [0.1, 0.15) is 6.61 Å². The van der Waals surface area contributed by atoms with Gasteiger partial charge in [-0.25, -0.2) is 0 Å². The van der Waals surface area contributed by atoms with Crippen LogP contribution in [0.4, 0.5) is 0 Å². The fourth-order valence-electron chi connectivity index (χ4n) is 1.18. The summed E-state index contributed by atoms with van der Waals surface area (Å²) < 4.78 is 10.5. The second-order valence-corrected chi connectivity index (χ2v) is 4.22. The predicted molar refractivity (Wildman–Crippen MR) is 69.2 cm³/mol. The van der Waals surface area contributed by atoms with Gasteiger partial charge in [0.15, 0.2) is 11.5 Å². The second kappa shape index (κ2) is 6.97. The van der Waals surface area contributed by atoms with Crippen LogP contribution < -0.4 is 9.47 Å². The standard InChI is InChI=1S/C11H11Cl3O3/c1-16-10-3-7(5-15)2-9(14)11(10)17-6-8(13)4-12/h2-4,15H,5-6H2,1H3. The molecule has 0 aliphatic carbocycles. The topological polar surface area (TPSA) is 38.7 Å². The Kier molecular flexibility index (Phi) is 5.92. The fourth-order valence-corrected chi connectivity index (χ4v) is 1.58. The van der Waals surface area contributed by atoms with Crippen LogP contribution in [0, 0.1) is 0 Å². The third-order valence-corrected chi connectivity index (χ3v) is 2.82. The maximum absolute atomic E-state index is 9.03. The Hall–Kier alpha value is -0.610. The van der Waals surface area contributed by atoms with Gasteiger partial charge in [0.2, 0.25) is 0 Å². The third-order valence-electron chi connectivity index (χ3n) is 1.94. The average molecular weight is 298 g/mol. The summed E-state index contributed by atoms with van der Waals surface area (Å²) in [5.41, 5.74) is 1.85. The number of aliphatic hydroxyl groups is 1. The van der Waals surface area contributed by atoms with Crippen LogP contribution in [-0.4, -0.2) is 18.8 Å². The van der Waals surface area contributed by atoms with E-state index in [-0.39, 0.29) is 13.2 Å². The van der Waals surface area contributed by atoms with E-state index >= 15 is 0 Å². The van der Waals surface area contributed by atoms with E-state index in [1.54, 1.807) is 12.1 Å². The van der Waals surface area contributed by atoms with E-state index in [0.29, 0.717) is 27.1 Å². The Balaban J connectivity index is 2.97. The number of hydrogen-bond acceptors (Lipinski definition) is 3. The van der Waals surface area contributed by atoms with Crippen LogP contribution in [0.15, 0.2) is 22.7 Å². The highest BCUT2D eigenvalue weighted by Crippen LogP contribution is 2.36. The van der Waals surface area contributed by atoms with Crippen molar-refractivity contribution in [2.75, 3.05) is 13.7 Å². The van der Waals surface area contributed by atoms with E-state index in [4.69, 9.17) is 49.4 Å². The van der Waals surface area contributed by atoms with Gasteiger partial charge in [-0.15, -0.1) is 0 Å². The van der Waals surface area contributed by atoms with Gasteiger partial charge in [-0.1, -0.05) is 34.8 Å². The van der Waals surface area contributed by atoms with Gasteiger partial charge in [0.05, 0.1) is 23.8 Å². The summed E-state index contributed by atoms with van der Waals surface area (Å²) in [7, 11) is 1.48. The second-order valence-electron chi connectivity index (χ2n) is 3.11. The van der Waals surface area contributed by atoms with E-state index in [9.17, 15) is 0 Å². The lowest BCUT2D eigenvalue weighted by Gasteiger charge is -2.13. The molecule has 0 radical (unpaired) electrons. The molecule has 0 atom stereocenters. The van der Waals surface area contributed by atoms with E-state index in [1.807, 2.05) is 0 Å². The van der Waals surface area contributed by atoms with Crippen molar-refractivity contribution in [1.29, 1.82) is 0 Å². The van der Waals surface area contributed by atoms with E-state index in [2.05, 4.69) is 0 Å². The number of benzene rings is 1. The van der Waals surface area contributed by atoms with Gasteiger partial charge in [0.25, 0.3) is 0 Å². The summed E-state index contributed by atoms with van der Waals surface area (Å²) >= 11 is 17.1. The molecule has 0 saturated carbocycles. The summed E-state index contributed by atoms with van der Waals surface area (Å²) in [5, 5.41) is 9.71. The molecule has 0 aliphatic heterocycles. The van der Waals surface area contributed by atoms with Crippen molar-refractivity contribution in [2.24, 2.45) is 0 Å². The first-order chi connectivity index (χ1) is 8.12. The molecule has 17 heavy (non-hydrogen) atoms. The minimum absolute atomic E-state index is 0.0968. The van der Waals surface area contributed by atoms with Gasteiger partial charge in [0, 0.05) is 5.54 Å². The molecule has 0 heterocycles. The summed E-state index contributed by atoms with van der Waals surface area (Å²) in [6.07, 6.45) is 0. The Morgan fingerprint density at radius 3 is 2.71 bits per heavy atom. The summed E-state index contributed by atoms with van der Waals surface area (Å²) in [5.74, 6) is 0.795. The molecule has 0 aromatic heterocycles. The smallest absolute Gasteiger partial charge is 0.180 e. The molecule has 1 aromatic carbocycles. The number of rotatable bonds is 5. The molecule has 1 aromatic rings. The third kappa shape index (κ3) is 3.96. The quantitative estimate of drug-likeness (QED) is 0.903. The van der Waals surface area contributed by atoms with Crippen LogP contribution in [0.25, 0.3) is 0 Å². The Labute approximate surface area is 114 Å².